The lowest BCUT2D eigenvalue weighted by molar-refractivity contribution is -0.130. The van der Waals surface area contributed by atoms with Crippen molar-refractivity contribution in [1.82, 2.24) is 4.90 Å². The molecule has 0 radical (unpaired) electrons. The molecular weight excluding hydrogens is 302 g/mol. The Bertz CT molecular complexity index is 1010. The number of carbonyl (C=O) groups is 1. The number of fused-ring (bicyclic) bond motifs is 3. The molecule has 0 spiro atoms. The SMILES string of the molecule is [2H]C([2H])([2H])Oc1cc2c(cc1OC([2H])([2H])[2H])[C@H]1N(CC2)C([2H])([2H])[C@]([2H])(CC(C)(C)C)C(=O)C1([2H])[2H]. The Hall–Kier alpha value is -1.55. The normalized spacial score (nSPS) is 39.4. The summed E-state index contributed by atoms with van der Waals surface area (Å²) in [6.45, 7) is 2.61. The van der Waals surface area contributed by atoms with Crippen molar-refractivity contribution in [3.05, 3.63) is 23.3 Å². The number of carbonyl (C=O) groups excluding carboxylic acids is 1. The average Bonchev–Trinajstić information content (AvgIpc) is 2.62. The Labute approximate surface area is 160 Å². The molecule has 4 nitrogen and oxygen atoms in total. The van der Waals surface area contributed by atoms with Gasteiger partial charge in [0.15, 0.2) is 11.5 Å². The highest BCUT2D eigenvalue weighted by Gasteiger charge is 2.39. The number of Topliss-reactive ketones (excluding diaryl/α,β-unsaturated/α-hetero) is 1. The molecule has 2 heterocycles. The molecule has 3 rings (SSSR count). The lowest BCUT2D eigenvalue weighted by atomic mass is 9.76. The van der Waals surface area contributed by atoms with Gasteiger partial charge in [0.05, 0.1) is 22.3 Å². The summed E-state index contributed by atoms with van der Waals surface area (Å²) in [7, 11) is -5.92. The Morgan fingerprint density at radius 1 is 1.33 bits per heavy atom. The monoisotopic (exact) mass is 342 g/mol. The second-order valence-electron chi connectivity index (χ2n) is 7.35. The van der Waals surface area contributed by atoms with E-state index in [0.29, 0.717) is 5.56 Å². The van der Waals surface area contributed by atoms with Crippen LogP contribution >= 0.6 is 0 Å². The van der Waals surface area contributed by atoms with E-state index in [0.717, 1.165) is 11.0 Å². The molecule has 24 heavy (non-hydrogen) atoms. The second kappa shape index (κ2) is 6.40. The highest BCUT2D eigenvalue weighted by atomic mass is 16.5. The molecule has 0 amide bonds. The Balaban J connectivity index is 2.21. The van der Waals surface area contributed by atoms with E-state index in [1.165, 1.54) is 6.07 Å². The predicted molar refractivity (Wildman–Crippen MR) is 94.8 cm³/mol. The van der Waals surface area contributed by atoms with Gasteiger partial charge in [0.1, 0.15) is 5.78 Å². The molecule has 2 atom stereocenters. The maximum atomic E-state index is 13.4. The Morgan fingerprint density at radius 2 is 2.04 bits per heavy atom. The smallest absolute Gasteiger partial charge is 0.161 e. The standard InChI is InChI=1S/C20H29NO3/c1-20(2,3)11-14-12-21-7-6-13-8-18(23-4)19(24-5)9-15(13)16(21)10-17(14)22/h8-9,14,16H,6-7,10-12H2,1-5H3/t14-,16-/m0/s1/i4D3,5D3,10D2,12D2,14D. The first-order valence-corrected chi connectivity index (χ1v) is 7.86. The van der Waals surface area contributed by atoms with Crippen molar-refractivity contribution in [3.8, 4) is 11.5 Å². The summed E-state index contributed by atoms with van der Waals surface area (Å²) in [6, 6.07) is 0.836. The zero-order valence-corrected chi connectivity index (χ0v) is 14.0. The highest BCUT2D eigenvalue weighted by molar-refractivity contribution is 5.83. The van der Waals surface area contributed by atoms with Gasteiger partial charge in [-0.1, -0.05) is 20.8 Å². The number of methoxy groups -OCH3 is 2. The molecule has 0 unspecified atom stereocenters. The zero-order chi connectivity index (χ0) is 27.0. The van der Waals surface area contributed by atoms with Crippen LogP contribution in [0.3, 0.4) is 0 Å². The van der Waals surface area contributed by atoms with Crippen LogP contribution in [0.4, 0.5) is 0 Å². The number of hydrogen-bond donors (Lipinski definition) is 0. The Morgan fingerprint density at radius 3 is 2.71 bits per heavy atom. The molecular formula is C20H29NO3. The van der Waals surface area contributed by atoms with Gasteiger partial charge in [-0.15, -0.1) is 0 Å². The molecule has 1 aromatic carbocycles. The van der Waals surface area contributed by atoms with Crippen LogP contribution < -0.4 is 9.47 Å². The minimum absolute atomic E-state index is 0.0606. The first kappa shape index (κ1) is 8.22. The highest BCUT2D eigenvalue weighted by Crippen LogP contribution is 2.43. The van der Waals surface area contributed by atoms with Gasteiger partial charge in [0.2, 0.25) is 0 Å². The molecule has 4 heteroatoms. The summed E-state index contributed by atoms with van der Waals surface area (Å²) < 4.78 is 98.1. The average molecular weight is 343 g/mol. The fourth-order valence-corrected chi connectivity index (χ4v) is 3.15. The third kappa shape index (κ3) is 3.30. The molecule has 132 valence electrons. The number of piperidine rings is 1. The molecule has 0 saturated carbocycles. The van der Waals surface area contributed by atoms with E-state index < -0.39 is 55.8 Å². The molecule has 0 bridgehead atoms. The van der Waals surface area contributed by atoms with Crippen LogP contribution in [0.5, 0.6) is 11.5 Å². The van der Waals surface area contributed by atoms with Gasteiger partial charge in [-0.05, 0) is 41.5 Å². The molecule has 1 fully saturated rings. The lowest BCUT2D eigenvalue weighted by Crippen LogP contribution is -2.47. The van der Waals surface area contributed by atoms with Gasteiger partial charge in [-0.3, -0.25) is 9.69 Å². The first-order chi connectivity index (χ1) is 15.5. The van der Waals surface area contributed by atoms with Crippen molar-refractivity contribution < 1.29 is 29.3 Å². The first-order valence-electron chi connectivity index (χ1n) is 13.4. The van der Waals surface area contributed by atoms with Crippen molar-refractivity contribution in [2.75, 3.05) is 27.1 Å². The number of ether oxygens (including phenoxy) is 2. The van der Waals surface area contributed by atoms with Gasteiger partial charge in [0.25, 0.3) is 0 Å². The van der Waals surface area contributed by atoms with Crippen molar-refractivity contribution in [3.63, 3.8) is 0 Å². The van der Waals surface area contributed by atoms with Crippen LogP contribution in [0.1, 0.15) is 65.8 Å². The lowest BCUT2D eigenvalue weighted by Gasteiger charge is -2.44. The van der Waals surface area contributed by atoms with Gasteiger partial charge in [-0.2, -0.15) is 0 Å². The van der Waals surface area contributed by atoms with Crippen molar-refractivity contribution in [2.24, 2.45) is 11.3 Å². The van der Waals surface area contributed by atoms with Crippen molar-refractivity contribution in [1.29, 1.82) is 0 Å². The van der Waals surface area contributed by atoms with E-state index in [1.807, 2.05) is 0 Å². The van der Waals surface area contributed by atoms with Crippen LogP contribution in [0.25, 0.3) is 0 Å². The number of nitrogens with zero attached hydrogens (tertiary/aromatic N) is 1. The van der Waals surface area contributed by atoms with Gasteiger partial charge < -0.3 is 9.47 Å². The maximum absolute atomic E-state index is 13.4. The third-order valence-electron chi connectivity index (χ3n) is 4.18. The van der Waals surface area contributed by atoms with Crippen molar-refractivity contribution >= 4 is 5.78 Å². The summed E-state index contributed by atoms with van der Waals surface area (Å²) in [6.07, 6.45) is -2.82. The zero-order valence-electron chi connectivity index (χ0n) is 25.0. The summed E-state index contributed by atoms with van der Waals surface area (Å²) >= 11 is 0. The minimum atomic E-state index is -2.99. The summed E-state index contributed by atoms with van der Waals surface area (Å²) in [5.74, 6) is -4.49. The largest absolute Gasteiger partial charge is 0.493 e. The van der Waals surface area contributed by atoms with E-state index >= 15 is 0 Å². The molecule has 0 aliphatic carbocycles. The van der Waals surface area contributed by atoms with Crippen LogP contribution in [0.2, 0.25) is 0 Å². The summed E-state index contributed by atoms with van der Waals surface area (Å²) in [5, 5.41) is 0. The van der Waals surface area contributed by atoms with E-state index in [-0.39, 0.29) is 30.7 Å². The predicted octanol–water partition coefficient (Wildman–Crippen LogP) is 3.63. The molecule has 1 saturated heterocycles. The molecule has 1 aromatic rings. The van der Waals surface area contributed by atoms with E-state index in [2.05, 4.69) is 0 Å². The van der Waals surface area contributed by atoms with Gasteiger partial charge in [-0.25, -0.2) is 0 Å². The number of rotatable bonds is 3. The third-order valence-corrected chi connectivity index (χ3v) is 4.18. The molecule has 0 N–H and O–H groups in total. The molecule has 2 aliphatic rings. The fourth-order valence-electron chi connectivity index (χ4n) is 3.15. The van der Waals surface area contributed by atoms with E-state index in [4.69, 9.17) is 24.6 Å². The van der Waals surface area contributed by atoms with Crippen LogP contribution in [-0.2, 0) is 11.2 Å². The minimum Gasteiger partial charge on any atom is -0.493 e. The van der Waals surface area contributed by atoms with Gasteiger partial charge in [0, 0.05) is 38.2 Å². The number of hydrogen-bond acceptors (Lipinski definition) is 4. The second-order valence-corrected chi connectivity index (χ2v) is 7.35. The fraction of sp³-hybridized carbons (Fsp3) is 0.650. The number of ketones is 1. The topological polar surface area (TPSA) is 38.8 Å². The quantitative estimate of drug-likeness (QED) is 0.841. The summed E-state index contributed by atoms with van der Waals surface area (Å²) in [4.78, 5) is 14.6. The van der Waals surface area contributed by atoms with Crippen LogP contribution in [0.15, 0.2) is 12.1 Å². The molecule has 2 aliphatic heterocycles. The Kier molecular flexibility index (Phi) is 2.19. The van der Waals surface area contributed by atoms with Crippen LogP contribution in [0, 0.1) is 11.3 Å². The molecule has 0 aromatic heterocycles. The maximum Gasteiger partial charge on any atom is 0.161 e. The van der Waals surface area contributed by atoms with Crippen LogP contribution in [-0.4, -0.2) is 37.8 Å². The number of benzene rings is 1. The van der Waals surface area contributed by atoms with Gasteiger partial charge >= 0.3 is 0 Å². The van der Waals surface area contributed by atoms with E-state index in [1.54, 1.807) is 20.8 Å². The summed E-state index contributed by atoms with van der Waals surface area (Å²) in [5.41, 5.74) is -0.207. The van der Waals surface area contributed by atoms with Crippen molar-refractivity contribution in [2.45, 2.75) is 46.0 Å². The van der Waals surface area contributed by atoms with E-state index in [9.17, 15) is 4.79 Å².